The topological polar surface area (TPSA) is 114 Å². The van der Waals surface area contributed by atoms with Gasteiger partial charge in [-0.2, -0.15) is 17.6 Å². The van der Waals surface area contributed by atoms with Crippen LogP contribution in [-0.2, 0) is 32.7 Å². The van der Waals surface area contributed by atoms with Crippen LogP contribution in [0.4, 0.5) is 0 Å². The predicted molar refractivity (Wildman–Crippen MR) is 122 cm³/mol. The highest BCUT2D eigenvalue weighted by atomic mass is 35.5. The minimum absolute atomic E-state index is 0.113. The summed E-state index contributed by atoms with van der Waals surface area (Å²) in [6.45, 7) is 0.283. The smallest absolute Gasteiger partial charge is 0.283 e. The van der Waals surface area contributed by atoms with Crippen LogP contribution >= 0.6 is 22.9 Å². The highest BCUT2D eigenvalue weighted by molar-refractivity contribution is 7.89. The fourth-order valence-electron chi connectivity index (χ4n) is 3.76. The zero-order chi connectivity index (χ0) is 23.2. The summed E-state index contributed by atoms with van der Waals surface area (Å²) < 4.78 is 27.9. The van der Waals surface area contributed by atoms with Crippen molar-refractivity contribution in [2.45, 2.75) is 24.0 Å². The molecule has 12 heteroatoms. The van der Waals surface area contributed by atoms with E-state index in [9.17, 15) is 18.0 Å². The minimum Gasteiger partial charge on any atom is -0.343 e. The van der Waals surface area contributed by atoms with Crippen LogP contribution in [0.3, 0.4) is 0 Å². The molecular formula is C21H16ClN5O4S2. The second-order valence-corrected chi connectivity index (χ2v) is 10.5. The summed E-state index contributed by atoms with van der Waals surface area (Å²) in [5.41, 5.74) is 3.97. The number of aromatic nitrogens is 3. The van der Waals surface area contributed by atoms with Gasteiger partial charge < -0.3 is 10.2 Å². The molecule has 1 aliphatic heterocycles. The Morgan fingerprint density at radius 3 is 2.79 bits per heavy atom. The first-order chi connectivity index (χ1) is 15.9. The summed E-state index contributed by atoms with van der Waals surface area (Å²) >= 11 is 7.58. The van der Waals surface area contributed by atoms with Crippen molar-refractivity contribution in [1.82, 2.24) is 24.4 Å². The Labute approximate surface area is 197 Å². The summed E-state index contributed by atoms with van der Waals surface area (Å²) in [6.07, 6.45) is 1.88. The van der Waals surface area contributed by atoms with Gasteiger partial charge in [0.15, 0.2) is 0 Å². The van der Waals surface area contributed by atoms with E-state index < -0.39 is 16.1 Å². The van der Waals surface area contributed by atoms with Crippen molar-refractivity contribution in [3.05, 3.63) is 76.0 Å². The molecule has 0 saturated heterocycles. The second-order valence-electron chi connectivity index (χ2n) is 7.39. The van der Waals surface area contributed by atoms with Gasteiger partial charge in [-0.15, -0.1) is 11.3 Å². The summed E-state index contributed by atoms with van der Waals surface area (Å²) in [6, 6.07) is 10.5. The molecule has 168 valence electrons. The predicted octanol–water partition coefficient (Wildman–Crippen LogP) is 2.71. The standard InChI is InChI=1S/C21H16ClN5O4S2/c22-16-4-2-1-3-15(16)20(23-11-28)21(29)26-8-13-9-27(25-18(13)10-26)33(30,31)14-5-6-17-19(7-14)32-12-24-17/h1-7,9,11-12,20H,8,10H2,(H,23,28)/t20-/m1/s1. The molecular weight excluding hydrogens is 486 g/mol. The van der Waals surface area contributed by atoms with Crippen molar-refractivity contribution in [2.75, 3.05) is 0 Å². The minimum atomic E-state index is -3.89. The lowest BCUT2D eigenvalue weighted by atomic mass is 10.1. The Morgan fingerprint density at radius 1 is 1.21 bits per heavy atom. The van der Waals surface area contributed by atoms with Crippen molar-refractivity contribution in [2.24, 2.45) is 0 Å². The third-order valence-corrected chi connectivity index (χ3v) is 8.08. The molecule has 2 amide bonds. The molecule has 3 heterocycles. The lowest BCUT2D eigenvalue weighted by Gasteiger charge is -2.23. The zero-order valence-electron chi connectivity index (χ0n) is 16.9. The van der Waals surface area contributed by atoms with Crippen LogP contribution in [0.15, 0.2) is 59.1 Å². The number of carbonyl (C=O) groups is 2. The van der Waals surface area contributed by atoms with Crippen molar-refractivity contribution in [1.29, 1.82) is 0 Å². The van der Waals surface area contributed by atoms with E-state index in [1.165, 1.54) is 28.5 Å². The van der Waals surface area contributed by atoms with Gasteiger partial charge in [0.2, 0.25) is 6.41 Å². The van der Waals surface area contributed by atoms with E-state index in [0.29, 0.717) is 28.3 Å². The summed E-state index contributed by atoms with van der Waals surface area (Å²) in [5.74, 6) is -0.363. The van der Waals surface area contributed by atoms with Gasteiger partial charge in [0.1, 0.15) is 6.04 Å². The first kappa shape index (κ1) is 21.6. The molecule has 2 aromatic heterocycles. The molecule has 0 spiro atoms. The Hall–Kier alpha value is -3.28. The molecule has 5 rings (SSSR count). The lowest BCUT2D eigenvalue weighted by molar-refractivity contribution is -0.135. The largest absolute Gasteiger partial charge is 0.343 e. The molecule has 33 heavy (non-hydrogen) atoms. The molecule has 0 unspecified atom stereocenters. The Morgan fingerprint density at radius 2 is 2.03 bits per heavy atom. The van der Waals surface area contributed by atoms with E-state index in [4.69, 9.17) is 11.6 Å². The van der Waals surface area contributed by atoms with Crippen molar-refractivity contribution < 1.29 is 18.0 Å². The van der Waals surface area contributed by atoms with E-state index in [2.05, 4.69) is 15.4 Å². The van der Waals surface area contributed by atoms with Gasteiger partial charge in [0.05, 0.1) is 32.9 Å². The summed E-state index contributed by atoms with van der Waals surface area (Å²) in [7, 11) is -3.89. The number of benzene rings is 2. The van der Waals surface area contributed by atoms with Crippen molar-refractivity contribution >= 4 is 55.5 Å². The van der Waals surface area contributed by atoms with Gasteiger partial charge in [-0.3, -0.25) is 9.59 Å². The Bertz CT molecular complexity index is 1470. The Balaban J connectivity index is 1.39. The number of amides is 2. The molecule has 0 saturated carbocycles. The molecule has 1 atom stereocenters. The molecule has 0 fully saturated rings. The van der Waals surface area contributed by atoms with E-state index in [1.807, 2.05) is 0 Å². The van der Waals surface area contributed by atoms with Crippen LogP contribution in [0.25, 0.3) is 10.2 Å². The number of halogens is 1. The SMILES string of the molecule is O=CN[C@@H](C(=O)N1Cc2cn(S(=O)(=O)c3ccc4ncsc4c3)nc2C1)c1ccccc1Cl. The van der Waals surface area contributed by atoms with Crippen molar-refractivity contribution in [3.63, 3.8) is 0 Å². The number of fused-ring (bicyclic) bond motifs is 2. The molecule has 0 aliphatic carbocycles. The van der Waals surface area contributed by atoms with Gasteiger partial charge in [-0.1, -0.05) is 29.8 Å². The molecule has 0 bridgehead atoms. The maximum atomic E-state index is 13.1. The average Bonchev–Trinajstić information content (AvgIpc) is 3.52. The molecule has 9 nitrogen and oxygen atoms in total. The number of nitrogens with one attached hydrogen (secondary N) is 1. The van der Waals surface area contributed by atoms with Gasteiger partial charge in [-0.05, 0) is 24.3 Å². The first-order valence-electron chi connectivity index (χ1n) is 9.77. The van der Waals surface area contributed by atoms with Crippen LogP contribution in [-0.4, -0.2) is 39.8 Å². The molecule has 1 aliphatic rings. The second kappa shape index (κ2) is 8.25. The van der Waals surface area contributed by atoms with Crippen LogP contribution in [0.1, 0.15) is 22.9 Å². The van der Waals surface area contributed by atoms with Crippen LogP contribution < -0.4 is 5.32 Å². The fourth-order valence-corrected chi connectivity index (χ4v) is 5.99. The monoisotopic (exact) mass is 501 g/mol. The van der Waals surface area contributed by atoms with Crippen LogP contribution in [0, 0.1) is 0 Å². The van der Waals surface area contributed by atoms with E-state index in [-0.39, 0.29) is 23.9 Å². The highest BCUT2D eigenvalue weighted by Gasteiger charge is 2.34. The van der Waals surface area contributed by atoms with Gasteiger partial charge >= 0.3 is 0 Å². The van der Waals surface area contributed by atoms with Crippen LogP contribution in [0.2, 0.25) is 5.02 Å². The average molecular weight is 502 g/mol. The van der Waals surface area contributed by atoms with E-state index in [1.54, 1.807) is 41.9 Å². The number of hydrogen-bond donors (Lipinski definition) is 1. The van der Waals surface area contributed by atoms with E-state index >= 15 is 0 Å². The quantitative estimate of drug-likeness (QED) is 0.406. The molecule has 4 aromatic rings. The van der Waals surface area contributed by atoms with Crippen molar-refractivity contribution in [3.8, 4) is 0 Å². The third kappa shape index (κ3) is 3.77. The molecule has 2 aromatic carbocycles. The van der Waals surface area contributed by atoms with Gasteiger partial charge in [-0.25, -0.2) is 4.98 Å². The molecule has 1 N–H and O–H groups in total. The summed E-state index contributed by atoms with van der Waals surface area (Å²) in [4.78, 5) is 30.1. The lowest BCUT2D eigenvalue weighted by Crippen LogP contribution is -2.38. The van der Waals surface area contributed by atoms with Gasteiger partial charge in [0, 0.05) is 28.9 Å². The fraction of sp³-hybridized carbons (Fsp3) is 0.143. The maximum Gasteiger partial charge on any atom is 0.283 e. The third-order valence-electron chi connectivity index (χ3n) is 5.41. The highest BCUT2D eigenvalue weighted by Crippen LogP contribution is 2.30. The number of nitrogens with zero attached hydrogens (tertiary/aromatic N) is 4. The normalized spacial score (nSPS) is 14.3. The van der Waals surface area contributed by atoms with Crippen LogP contribution in [0.5, 0.6) is 0 Å². The number of carbonyl (C=O) groups excluding carboxylic acids is 2. The Kier molecular flexibility index (Phi) is 5.39. The summed E-state index contributed by atoms with van der Waals surface area (Å²) in [5, 5.41) is 7.12. The first-order valence-corrected chi connectivity index (χ1v) is 12.5. The number of hydrogen-bond acceptors (Lipinski definition) is 7. The number of thiazole rings is 1. The molecule has 0 radical (unpaired) electrons. The maximum absolute atomic E-state index is 13.1. The number of rotatable bonds is 6. The van der Waals surface area contributed by atoms with E-state index in [0.717, 1.165) is 14.3 Å². The van der Waals surface area contributed by atoms with Gasteiger partial charge in [0.25, 0.3) is 15.9 Å². The zero-order valence-corrected chi connectivity index (χ0v) is 19.3.